The molecular weight excluding hydrogens is 372 g/mol. The number of thiophene rings is 1. The molecule has 0 N–H and O–H groups in total. The van der Waals surface area contributed by atoms with Crippen LogP contribution in [0.3, 0.4) is 0 Å². The van der Waals surface area contributed by atoms with Gasteiger partial charge in [-0.15, -0.1) is 11.3 Å². The van der Waals surface area contributed by atoms with Crippen LogP contribution < -0.4 is 0 Å². The van der Waals surface area contributed by atoms with Crippen molar-refractivity contribution in [1.29, 1.82) is 0 Å². The fourth-order valence-corrected chi connectivity index (χ4v) is 3.14. The number of halogens is 1. The number of likely N-dealkylation sites (N-methyl/N-ethyl adjacent to an activating group) is 1. The normalized spacial score (nSPS) is 10.5. The highest BCUT2D eigenvalue weighted by Gasteiger charge is 2.20. The van der Waals surface area contributed by atoms with E-state index in [1.165, 1.54) is 16.2 Å². The number of rotatable bonds is 9. The highest BCUT2D eigenvalue weighted by atomic mass is 79.9. The lowest BCUT2D eigenvalue weighted by molar-refractivity contribution is -0.133. The summed E-state index contributed by atoms with van der Waals surface area (Å²) in [6, 6.07) is 3.56. The first-order valence-corrected chi connectivity index (χ1v) is 8.37. The van der Waals surface area contributed by atoms with Gasteiger partial charge in [0.1, 0.15) is 0 Å². The Balaban J connectivity index is 2.60. The van der Waals surface area contributed by atoms with Crippen molar-refractivity contribution >= 4 is 39.1 Å². The maximum Gasteiger partial charge on any atom is 0.264 e. The second kappa shape index (κ2) is 9.94. The number of amides is 2. The van der Waals surface area contributed by atoms with E-state index < -0.39 is 0 Å². The van der Waals surface area contributed by atoms with E-state index in [4.69, 9.17) is 9.47 Å². The van der Waals surface area contributed by atoms with Crippen LogP contribution >= 0.6 is 27.3 Å². The van der Waals surface area contributed by atoms with Gasteiger partial charge in [0.05, 0.1) is 28.4 Å². The lowest BCUT2D eigenvalue weighted by atomic mass is 10.3. The van der Waals surface area contributed by atoms with Crippen molar-refractivity contribution in [2.75, 3.05) is 54.1 Å². The summed E-state index contributed by atoms with van der Waals surface area (Å²) in [5.74, 6) is -0.289. The summed E-state index contributed by atoms with van der Waals surface area (Å²) in [7, 11) is 4.80. The quantitative estimate of drug-likeness (QED) is 0.641. The standard InChI is InChI=1S/C14H21BrN2O4S/c1-16(14(19)11-4-5-12(15)22-11)10-13(18)17(6-8-20-2)7-9-21-3/h4-5H,6-10H2,1-3H3. The molecule has 0 saturated heterocycles. The second-order valence-electron chi connectivity index (χ2n) is 4.63. The maximum absolute atomic E-state index is 12.3. The average molecular weight is 393 g/mol. The Morgan fingerprint density at radius 2 is 1.77 bits per heavy atom. The van der Waals surface area contributed by atoms with Gasteiger partial charge in [-0.25, -0.2) is 0 Å². The fraction of sp³-hybridized carbons (Fsp3) is 0.571. The zero-order valence-electron chi connectivity index (χ0n) is 13.0. The SMILES string of the molecule is COCCN(CCOC)C(=O)CN(C)C(=O)c1ccc(Br)s1. The summed E-state index contributed by atoms with van der Waals surface area (Å²) >= 11 is 4.67. The Hall–Kier alpha value is -0.960. The molecule has 0 saturated carbocycles. The minimum Gasteiger partial charge on any atom is -0.383 e. The van der Waals surface area contributed by atoms with Crippen LogP contribution in [0.1, 0.15) is 9.67 Å². The molecule has 8 heteroatoms. The number of nitrogens with zero attached hydrogens (tertiary/aromatic N) is 2. The molecule has 1 rings (SSSR count). The molecule has 1 aromatic heterocycles. The van der Waals surface area contributed by atoms with Crippen molar-refractivity contribution in [3.8, 4) is 0 Å². The van der Waals surface area contributed by atoms with Gasteiger partial charge in [0.2, 0.25) is 5.91 Å². The molecule has 22 heavy (non-hydrogen) atoms. The molecule has 0 bridgehead atoms. The van der Waals surface area contributed by atoms with Crippen LogP contribution in [-0.4, -0.2) is 75.7 Å². The Kier molecular flexibility index (Phi) is 8.62. The summed E-state index contributed by atoms with van der Waals surface area (Å²) in [6.45, 7) is 1.88. The Morgan fingerprint density at radius 3 is 2.23 bits per heavy atom. The van der Waals surface area contributed by atoms with Crippen LogP contribution in [0.4, 0.5) is 0 Å². The second-order valence-corrected chi connectivity index (χ2v) is 7.09. The van der Waals surface area contributed by atoms with Crippen LogP contribution in [-0.2, 0) is 14.3 Å². The minimum absolute atomic E-state index is 0.0295. The summed E-state index contributed by atoms with van der Waals surface area (Å²) in [5, 5.41) is 0. The van der Waals surface area contributed by atoms with Crippen molar-refractivity contribution in [3.63, 3.8) is 0 Å². The molecule has 0 aliphatic rings. The minimum atomic E-state index is -0.164. The van der Waals surface area contributed by atoms with Gasteiger partial charge in [-0.1, -0.05) is 0 Å². The number of hydrogen-bond acceptors (Lipinski definition) is 5. The Morgan fingerprint density at radius 1 is 1.18 bits per heavy atom. The zero-order valence-corrected chi connectivity index (χ0v) is 15.4. The topological polar surface area (TPSA) is 59.1 Å². The molecule has 1 heterocycles. The first-order chi connectivity index (χ1) is 10.5. The van der Waals surface area contributed by atoms with E-state index in [0.29, 0.717) is 31.2 Å². The summed E-state index contributed by atoms with van der Waals surface area (Å²) < 4.78 is 10.9. The lowest BCUT2D eigenvalue weighted by Crippen LogP contribution is -2.43. The molecule has 0 radical (unpaired) electrons. The Labute approximate surface area is 143 Å². The molecule has 0 aromatic carbocycles. The zero-order chi connectivity index (χ0) is 16.5. The highest BCUT2D eigenvalue weighted by molar-refractivity contribution is 9.11. The van der Waals surface area contributed by atoms with Crippen molar-refractivity contribution in [2.24, 2.45) is 0 Å². The molecule has 6 nitrogen and oxygen atoms in total. The Bertz CT molecular complexity index is 487. The molecule has 0 unspecified atom stereocenters. The average Bonchev–Trinajstić information content (AvgIpc) is 2.92. The molecule has 124 valence electrons. The van der Waals surface area contributed by atoms with Crippen molar-refractivity contribution in [2.45, 2.75) is 0 Å². The van der Waals surface area contributed by atoms with E-state index in [1.54, 1.807) is 32.2 Å². The molecule has 0 aliphatic heterocycles. The highest BCUT2D eigenvalue weighted by Crippen LogP contribution is 2.23. The van der Waals surface area contributed by atoms with Crippen molar-refractivity contribution in [3.05, 3.63) is 20.8 Å². The number of hydrogen-bond donors (Lipinski definition) is 0. The monoisotopic (exact) mass is 392 g/mol. The summed E-state index contributed by atoms with van der Waals surface area (Å²) in [4.78, 5) is 28.2. The molecule has 2 amide bonds. The third kappa shape index (κ3) is 6.04. The van der Waals surface area contributed by atoms with Gasteiger partial charge < -0.3 is 19.3 Å². The summed E-state index contributed by atoms with van der Waals surface area (Å²) in [5.41, 5.74) is 0. The molecule has 0 spiro atoms. The van der Waals surface area contributed by atoms with Gasteiger partial charge in [0, 0.05) is 34.4 Å². The molecule has 0 atom stereocenters. The third-order valence-electron chi connectivity index (χ3n) is 2.99. The van der Waals surface area contributed by atoms with Gasteiger partial charge in [-0.2, -0.15) is 0 Å². The van der Waals surface area contributed by atoms with Crippen molar-refractivity contribution in [1.82, 2.24) is 9.80 Å². The van der Waals surface area contributed by atoms with Crippen molar-refractivity contribution < 1.29 is 19.1 Å². The molecule has 1 aromatic rings. The van der Waals surface area contributed by atoms with Gasteiger partial charge in [-0.05, 0) is 28.1 Å². The largest absolute Gasteiger partial charge is 0.383 e. The van der Waals surface area contributed by atoms with Crippen LogP contribution in [0.25, 0.3) is 0 Å². The molecule has 0 aliphatic carbocycles. The summed E-state index contributed by atoms with van der Waals surface area (Å²) in [6.07, 6.45) is 0. The lowest BCUT2D eigenvalue weighted by Gasteiger charge is -2.25. The fourth-order valence-electron chi connectivity index (χ4n) is 1.76. The number of methoxy groups -OCH3 is 2. The smallest absolute Gasteiger partial charge is 0.264 e. The van der Waals surface area contributed by atoms with Crippen LogP contribution in [0.15, 0.2) is 15.9 Å². The van der Waals surface area contributed by atoms with E-state index >= 15 is 0 Å². The predicted molar refractivity (Wildman–Crippen MR) is 89.3 cm³/mol. The maximum atomic E-state index is 12.3. The third-order valence-corrected chi connectivity index (χ3v) is 4.60. The van der Waals surface area contributed by atoms with Crippen LogP contribution in [0, 0.1) is 0 Å². The van der Waals surface area contributed by atoms with E-state index in [-0.39, 0.29) is 18.4 Å². The first kappa shape index (κ1) is 19.1. The molecule has 0 fully saturated rings. The number of carbonyl (C=O) groups is 2. The van der Waals surface area contributed by atoms with Gasteiger partial charge in [0.15, 0.2) is 0 Å². The number of ether oxygens (including phenoxy) is 2. The predicted octanol–water partition coefficient (Wildman–Crippen LogP) is 1.70. The van der Waals surface area contributed by atoms with Crippen LogP contribution in [0.5, 0.6) is 0 Å². The number of carbonyl (C=O) groups excluding carboxylic acids is 2. The van der Waals surface area contributed by atoms with E-state index in [2.05, 4.69) is 15.9 Å². The first-order valence-electron chi connectivity index (χ1n) is 6.76. The van der Waals surface area contributed by atoms with E-state index in [0.717, 1.165) is 3.79 Å². The van der Waals surface area contributed by atoms with Gasteiger partial charge >= 0.3 is 0 Å². The van der Waals surface area contributed by atoms with Gasteiger partial charge in [0.25, 0.3) is 5.91 Å². The van der Waals surface area contributed by atoms with Gasteiger partial charge in [-0.3, -0.25) is 9.59 Å². The van der Waals surface area contributed by atoms with E-state index in [1.807, 2.05) is 6.07 Å². The van der Waals surface area contributed by atoms with Crippen LogP contribution in [0.2, 0.25) is 0 Å². The molecular formula is C14H21BrN2O4S. The van der Waals surface area contributed by atoms with E-state index in [9.17, 15) is 9.59 Å².